The second-order valence-electron chi connectivity index (χ2n) is 4.02. The first-order valence-corrected chi connectivity index (χ1v) is 5.45. The Kier molecular flexibility index (Phi) is 3.29. The molecule has 0 radical (unpaired) electrons. The molecule has 0 unspecified atom stereocenters. The van der Waals surface area contributed by atoms with E-state index in [4.69, 9.17) is 5.73 Å². The predicted octanol–water partition coefficient (Wildman–Crippen LogP) is 3.43. The number of nitrogens with two attached hydrogens (primary N) is 1. The largest absolute Gasteiger partial charge is 0.430 e. The third-order valence-electron chi connectivity index (χ3n) is 2.65. The summed E-state index contributed by atoms with van der Waals surface area (Å²) in [6.45, 7) is 0. The van der Waals surface area contributed by atoms with Gasteiger partial charge in [-0.05, 0) is 16.8 Å². The van der Waals surface area contributed by atoms with Crippen molar-refractivity contribution >= 4 is 16.6 Å². The fraction of sp³-hybridized carbons (Fsp3) is 0.0714. The fourth-order valence-electron chi connectivity index (χ4n) is 1.65. The summed E-state index contributed by atoms with van der Waals surface area (Å²) in [7, 11) is 0. The van der Waals surface area contributed by atoms with Gasteiger partial charge in [0.05, 0.1) is 0 Å². The lowest BCUT2D eigenvalue weighted by Gasteiger charge is -2.06. The molecule has 0 amide bonds. The van der Waals surface area contributed by atoms with Crippen LogP contribution in [0.2, 0.25) is 0 Å². The molecule has 0 aromatic heterocycles. The molecule has 0 aliphatic rings. The molecule has 0 saturated carbocycles. The van der Waals surface area contributed by atoms with E-state index >= 15 is 0 Å². The first-order valence-electron chi connectivity index (χ1n) is 5.45. The van der Waals surface area contributed by atoms with Gasteiger partial charge in [-0.15, -0.1) is 0 Å². The molecule has 0 aliphatic carbocycles. The van der Waals surface area contributed by atoms with Crippen molar-refractivity contribution in [1.82, 2.24) is 0 Å². The Morgan fingerprint density at radius 3 is 2.32 bits per heavy atom. The Bertz CT molecular complexity index is 659. The number of ketones is 1. The van der Waals surface area contributed by atoms with Gasteiger partial charge in [0.15, 0.2) is 5.78 Å². The van der Waals surface area contributed by atoms with Crippen LogP contribution in [0.4, 0.5) is 13.2 Å². The number of hydrogen-bond donors (Lipinski definition) is 1. The third-order valence-corrected chi connectivity index (χ3v) is 2.65. The van der Waals surface area contributed by atoms with Crippen molar-refractivity contribution in [2.24, 2.45) is 5.73 Å². The van der Waals surface area contributed by atoms with Crippen LogP contribution in [-0.4, -0.2) is 12.0 Å². The van der Waals surface area contributed by atoms with Gasteiger partial charge in [0.2, 0.25) is 0 Å². The number of carbonyl (C=O) groups is 1. The van der Waals surface area contributed by atoms with Gasteiger partial charge < -0.3 is 5.73 Å². The van der Waals surface area contributed by atoms with Crippen LogP contribution in [0.15, 0.2) is 54.2 Å². The van der Waals surface area contributed by atoms with Crippen molar-refractivity contribution in [1.29, 1.82) is 0 Å². The predicted molar refractivity (Wildman–Crippen MR) is 66.6 cm³/mol. The normalized spacial score (nSPS) is 12.7. The van der Waals surface area contributed by atoms with Gasteiger partial charge in [0, 0.05) is 11.6 Å². The van der Waals surface area contributed by atoms with Gasteiger partial charge in [-0.25, -0.2) is 0 Å². The number of carbonyl (C=O) groups excluding carboxylic acids is 1. The van der Waals surface area contributed by atoms with Crippen LogP contribution in [-0.2, 0) is 0 Å². The molecule has 0 saturated heterocycles. The average Bonchev–Trinajstić information content (AvgIpc) is 2.37. The number of alkyl halides is 3. The molecule has 0 aliphatic heterocycles. The molecule has 2 aromatic rings. The molecule has 0 bridgehead atoms. The lowest BCUT2D eigenvalue weighted by molar-refractivity contribution is -0.0927. The zero-order chi connectivity index (χ0) is 14.0. The zero-order valence-corrected chi connectivity index (χ0v) is 9.74. The highest BCUT2D eigenvalue weighted by Crippen LogP contribution is 2.22. The number of benzene rings is 2. The minimum Gasteiger partial charge on any atom is -0.395 e. The Labute approximate surface area is 107 Å². The summed E-state index contributed by atoms with van der Waals surface area (Å²) in [5, 5.41) is 1.69. The van der Waals surface area contributed by atoms with E-state index in [2.05, 4.69) is 0 Å². The van der Waals surface area contributed by atoms with Crippen molar-refractivity contribution in [2.45, 2.75) is 6.18 Å². The molecule has 2 nitrogen and oxygen atoms in total. The number of halogens is 3. The minimum atomic E-state index is -4.69. The van der Waals surface area contributed by atoms with E-state index in [1.807, 2.05) is 12.1 Å². The average molecular weight is 265 g/mol. The van der Waals surface area contributed by atoms with E-state index in [1.165, 1.54) is 12.1 Å². The summed E-state index contributed by atoms with van der Waals surface area (Å²) < 4.78 is 36.7. The summed E-state index contributed by atoms with van der Waals surface area (Å²) in [5.41, 5.74) is 3.59. The molecule has 2 N–H and O–H groups in total. The molecule has 0 fully saturated rings. The molecule has 0 atom stereocenters. The van der Waals surface area contributed by atoms with E-state index in [1.54, 1.807) is 18.2 Å². The van der Waals surface area contributed by atoms with Crippen molar-refractivity contribution in [2.75, 3.05) is 0 Å². The molecular formula is C14H10F3NO. The summed E-state index contributed by atoms with van der Waals surface area (Å²) in [6, 6.07) is 12.0. The molecule has 0 spiro atoms. The number of rotatable bonds is 2. The van der Waals surface area contributed by atoms with Crippen molar-refractivity contribution in [3.8, 4) is 0 Å². The van der Waals surface area contributed by atoms with Crippen molar-refractivity contribution in [3.63, 3.8) is 0 Å². The highest BCUT2D eigenvalue weighted by Gasteiger charge is 2.32. The Morgan fingerprint density at radius 1 is 1.05 bits per heavy atom. The minimum absolute atomic E-state index is 0.172. The maximum atomic E-state index is 12.2. The monoisotopic (exact) mass is 265 g/mol. The molecular weight excluding hydrogens is 255 g/mol. The first-order chi connectivity index (χ1) is 8.88. The van der Waals surface area contributed by atoms with Gasteiger partial charge in [-0.1, -0.05) is 36.4 Å². The summed E-state index contributed by atoms with van der Waals surface area (Å²) >= 11 is 0. The maximum Gasteiger partial charge on any atom is 0.430 e. The molecule has 5 heteroatoms. The highest BCUT2D eigenvalue weighted by atomic mass is 19.4. The standard InChI is InChI=1S/C14H10F3NO/c15-14(16,17)13(18)8-12(19)11-6-5-9-3-1-2-4-10(9)7-11/h1-8H,18H2. The lowest BCUT2D eigenvalue weighted by atomic mass is 10.0. The second kappa shape index (κ2) is 4.76. The smallest absolute Gasteiger partial charge is 0.395 e. The van der Waals surface area contributed by atoms with Crippen LogP contribution in [0.5, 0.6) is 0 Å². The zero-order valence-electron chi connectivity index (χ0n) is 9.74. The number of hydrogen-bond acceptors (Lipinski definition) is 2. The van der Waals surface area contributed by atoms with E-state index in [0.717, 1.165) is 10.8 Å². The van der Waals surface area contributed by atoms with E-state index < -0.39 is 17.7 Å². The van der Waals surface area contributed by atoms with Gasteiger partial charge in [0.25, 0.3) is 0 Å². The topological polar surface area (TPSA) is 43.1 Å². The van der Waals surface area contributed by atoms with Crippen LogP contribution in [0.1, 0.15) is 10.4 Å². The van der Waals surface area contributed by atoms with Gasteiger partial charge >= 0.3 is 6.18 Å². The second-order valence-corrected chi connectivity index (χ2v) is 4.02. The van der Waals surface area contributed by atoms with Crippen molar-refractivity contribution in [3.05, 3.63) is 59.8 Å². The Hall–Kier alpha value is -2.30. The molecule has 2 aromatic carbocycles. The van der Waals surface area contributed by atoms with E-state index in [0.29, 0.717) is 6.08 Å². The molecule has 19 heavy (non-hydrogen) atoms. The van der Waals surface area contributed by atoms with Crippen LogP contribution >= 0.6 is 0 Å². The maximum absolute atomic E-state index is 12.2. The lowest BCUT2D eigenvalue weighted by Crippen LogP contribution is -2.20. The van der Waals surface area contributed by atoms with Gasteiger partial charge in [-0.3, -0.25) is 4.79 Å². The SMILES string of the molecule is NC(=CC(=O)c1ccc2ccccc2c1)C(F)(F)F. The van der Waals surface area contributed by atoms with E-state index in [9.17, 15) is 18.0 Å². The fourth-order valence-corrected chi connectivity index (χ4v) is 1.65. The first kappa shape index (κ1) is 13.1. The Morgan fingerprint density at radius 2 is 1.68 bits per heavy atom. The van der Waals surface area contributed by atoms with Crippen molar-refractivity contribution < 1.29 is 18.0 Å². The van der Waals surface area contributed by atoms with Gasteiger partial charge in [-0.2, -0.15) is 13.2 Å². The van der Waals surface area contributed by atoms with Crippen LogP contribution in [0, 0.1) is 0 Å². The molecule has 98 valence electrons. The summed E-state index contributed by atoms with van der Waals surface area (Å²) in [4.78, 5) is 11.7. The number of allylic oxidation sites excluding steroid dienone is 2. The summed E-state index contributed by atoms with van der Waals surface area (Å²) in [5.74, 6) is -0.763. The summed E-state index contributed by atoms with van der Waals surface area (Å²) in [6.07, 6.45) is -4.28. The molecule has 2 rings (SSSR count). The third kappa shape index (κ3) is 2.93. The van der Waals surface area contributed by atoms with Crippen LogP contribution in [0.3, 0.4) is 0 Å². The highest BCUT2D eigenvalue weighted by molar-refractivity contribution is 6.07. The quantitative estimate of drug-likeness (QED) is 0.667. The van der Waals surface area contributed by atoms with Crippen LogP contribution in [0.25, 0.3) is 10.8 Å². The number of fused-ring (bicyclic) bond motifs is 1. The van der Waals surface area contributed by atoms with E-state index in [-0.39, 0.29) is 5.56 Å². The van der Waals surface area contributed by atoms with Gasteiger partial charge in [0.1, 0.15) is 5.70 Å². The Balaban J connectivity index is 2.37. The van der Waals surface area contributed by atoms with Crippen LogP contribution < -0.4 is 5.73 Å². The molecule has 0 heterocycles.